The van der Waals surface area contributed by atoms with E-state index in [-0.39, 0.29) is 17.3 Å². The minimum atomic E-state index is 0.130. The molecular formula is C57H51N3O3. The lowest BCUT2D eigenvalue weighted by atomic mass is 9.99. The van der Waals surface area contributed by atoms with Crippen molar-refractivity contribution in [2.75, 3.05) is 0 Å². The number of benzene rings is 6. The van der Waals surface area contributed by atoms with E-state index in [1.54, 1.807) is 0 Å². The molecule has 0 fully saturated rings. The van der Waals surface area contributed by atoms with Crippen molar-refractivity contribution in [1.29, 1.82) is 0 Å². The highest BCUT2D eigenvalue weighted by molar-refractivity contribution is 6.01. The first-order valence-corrected chi connectivity index (χ1v) is 21.3. The first-order chi connectivity index (χ1) is 30.4. The van der Waals surface area contributed by atoms with Crippen molar-refractivity contribution >= 4 is 50.1 Å². The van der Waals surface area contributed by atoms with Gasteiger partial charge in [-0.05, 0) is 88.6 Å². The fraction of sp³-hybridized carbons (Fsp3) is 0.158. The lowest BCUT2D eigenvalue weighted by Gasteiger charge is -2.07. The number of hydrogen-bond acceptors (Lipinski definition) is 6. The molecule has 0 N–H and O–H groups in total. The number of para-hydroxylation sites is 3. The normalized spacial score (nSPS) is 10.8. The van der Waals surface area contributed by atoms with Gasteiger partial charge in [0.15, 0.2) is 17.3 Å². The van der Waals surface area contributed by atoms with Crippen LogP contribution >= 0.6 is 0 Å². The maximum atomic E-state index is 12.5. The Balaban J connectivity index is 0.000000142. The van der Waals surface area contributed by atoms with Gasteiger partial charge in [-0.3, -0.25) is 29.3 Å². The minimum absolute atomic E-state index is 0.130. The summed E-state index contributed by atoms with van der Waals surface area (Å²) in [4.78, 5) is 51.1. The van der Waals surface area contributed by atoms with Crippen LogP contribution in [0.15, 0.2) is 164 Å². The quantitative estimate of drug-likeness (QED) is 0.135. The average molecular weight is 826 g/mol. The molecule has 0 aliphatic carbocycles. The van der Waals surface area contributed by atoms with Crippen molar-refractivity contribution < 1.29 is 14.4 Å². The summed E-state index contributed by atoms with van der Waals surface area (Å²) in [7, 11) is 0. The highest BCUT2D eigenvalue weighted by Crippen LogP contribution is 2.22. The summed E-state index contributed by atoms with van der Waals surface area (Å²) in [6, 6.07) is 53.3. The van der Waals surface area contributed by atoms with Gasteiger partial charge in [0.1, 0.15) is 0 Å². The molecule has 6 aromatic carbocycles. The summed E-state index contributed by atoms with van der Waals surface area (Å²) in [5.41, 5.74) is 14.3. The molecule has 0 saturated carbocycles. The second-order valence-electron chi connectivity index (χ2n) is 16.2. The molecule has 9 rings (SSSR count). The number of nitrogens with zero attached hydrogens (tertiary/aromatic N) is 3. The van der Waals surface area contributed by atoms with Crippen LogP contribution in [0.3, 0.4) is 0 Å². The van der Waals surface area contributed by atoms with Crippen molar-refractivity contribution in [1.82, 2.24) is 15.0 Å². The largest absolute Gasteiger partial charge is 0.294 e. The molecule has 3 heterocycles. The van der Waals surface area contributed by atoms with Gasteiger partial charge in [0, 0.05) is 69.2 Å². The van der Waals surface area contributed by atoms with Crippen LogP contribution in [0.25, 0.3) is 32.7 Å². The SMILES string of the molecule is Cc1ccc(C(=O)Cc2cccc3ccc(C)nc23)cc1.Cc1cccc(C(=O)Cc2cccc3ccc(C)nc23)c1.Cc1cccc(C(=O)Cc2cccc3ccc(C)nc23)c1. The zero-order valence-electron chi connectivity index (χ0n) is 36.8. The molecule has 9 aromatic rings. The number of carbonyl (C=O) groups is 3. The maximum absolute atomic E-state index is 12.5. The summed E-state index contributed by atoms with van der Waals surface area (Å²) in [6.07, 6.45) is 1.16. The number of aryl methyl sites for hydroxylation is 6. The van der Waals surface area contributed by atoms with Gasteiger partial charge in [-0.2, -0.15) is 0 Å². The van der Waals surface area contributed by atoms with E-state index >= 15 is 0 Å². The van der Waals surface area contributed by atoms with Crippen LogP contribution in [0, 0.1) is 41.5 Å². The molecular weight excluding hydrogens is 775 g/mol. The molecule has 0 unspecified atom stereocenters. The Morgan fingerprint density at radius 1 is 0.333 bits per heavy atom. The zero-order chi connectivity index (χ0) is 44.5. The van der Waals surface area contributed by atoms with Crippen molar-refractivity contribution in [2.45, 2.75) is 60.8 Å². The highest BCUT2D eigenvalue weighted by Gasteiger charge is 2.13. The van der Waals surface area contributed by atoms with Crippen LogP contribution in [-0.2, 0) is 19.3 Å². The molecule has 0 bridgehead atoms. The second-order valence-corrected chi connectivity index (χ2v) is 16.2. The molecule has 0 aliphatic heterocycles. The van der Waals surface area contributed by atoms with Crippen LogP contribution < -0.4 is 0 Å². The third-order valence-corrected chi connectivity index (χ3v) is 10.9. The summed E-state index contributed by atoms with van der Waals surface area (Å²) >= 11 is 0. The Labute approximate surface area is 369 Å². The third kappa shape index (κ3) is 11.3. The molecule has 0 radical (unpaired) electrons. The molecule has 0 amide bonds. The van der Waals surface area contributed by atoms with Gasteiger partial charge < -0.3 is 0 Å². The van der Waals surface area contributed by atoms with E-state index in [1.807, 2.05) is 187 Å². The average Bonchev–Trinajstić information content (AvgIpc) is 3.27. The van der Waals surface area contributed by atoms with E-state index in [2.05, 4.69) is 33.2 Å². The Morgan fingerprint density at radius 2 is 0.667 bits per heavy atom. The number of ketones is 3. The topological polar surface area (TPSA) is 89.9 Å². The highest BCUT2D eigenvalue weighted by atomic mass is 16.1. The molecule has 0 spiro atoms. The first-order valence-electron chi connectivity index (χ1n) is 21.3. The van der Waals surface area contributed by atoms with Gasteiger partial charge in [0.05, 0.1) is 16.6 Å². The molecule has 0 saturated heterocycles. The molecule has 3 aromatic heterocycles. The lowest BCUT2D eigenvalue weighted by molar-refractivity contribution is 0.0985. The molecule has 6 heteroatoms. The Bertz CT molecular complexity index is 2970. The Morgan fingerprint density at radius 3 is 1.02 bits per heavy atom. The van der Waals surface area contributed by atoms with Crippen molar-refractivity contribution in [3.63, 3.8) is 0 Å². The van der Waals surface area contributed by atoms with Crippen LogP contribution in [-0.4, -0.2) is 32.3 Å². The van der Waals surface area contributed by atoms with Crippen molar-refractivity contribution in [3.8, 4) is 0 Å². The number of carbonyl (C=O) groups excluding carboxylic acids is 3. The molecule has 63 heavy (non-hydrogen) atoms. The molecule has 0 aliphatic rings. The van der Waals surface area contributed by atoms with E-state index in [9.17, 15) is 14.4 Å². The number of fused-ring (bicyclic) bond motifs is 3. The van der Waals surface area contributed by atoms with Crippen molar-refractivity contribution in [3.05, 3.63) is 231 Å². The van der Waals surface area contributed by atoms with Crippen LogP contribution in [0.4, 0.5) is 0 Å². The summed E-state index contributed by atoms with van der Waals surface area (Å²) in [6.45, 7) is 11.9. The Kier molecular flexibility index (Phi) is 13.8. The number of aromatic nitrogens is 3. The van der Waals surface area contributed by atoms with Gasteiger partial charge in [0.2, 0.25) is 0 Å². The fourth-order valence-electron chi connectivity index (χ4n) is 7.55. The van der Waals surface area contributed by atoms with Crippen LogP contribution in [0.5, 0.6) is 0 Å². The third-order valence-electron chi connectivity index (χ3n) is 10.9. The molecule has 0 atom stereocenters. The fourth-order valence-corrected chi connectivity index (χ4v) is 7.55. The zero-order valence-corrected chi connectivity index (χ0v) is 36.8. The Hall–Kier alpha value is -7.44. The monoisotopic (exact) mass is 825 g/mol. The summed E-state index contributed by atoms with van der Waals surface area (Å²) in [5, 5.41) is 3.24. The maximum Gasteiger partial charge on any atom is 0.167 e. The van der Waals surface area contributed by atoms with E-state index in [0.29, 0.717) is 19.3 Å². The first kappa shape index (κ1) is 43.6. The van der Waals surface area contributed by atoms with Crippen LogP contribution in [0.1, 0.15) is 81.5 Å². The number of pyridine rings is 3. The standard InChI is InChI=1S/3C19H17NO/c2*1-13-5-3-7-16(11-13)18(21)12-17-8-4-6-15-10-9-14(2)20-19(15)17;1-13-6-9-15(10-7-13)18(21)12-17-5-3-4-16-11-8-14(2)20-19(16)17/h3*3-11H,12H2,1-2H3. The predicted octanol–water partition coefficient (Wildman–Crippen LogP) is 12.8. The van der Waals surface area contributed by atoms with Crippen molar-refractivity contribution in [2.24, 2.45) is 0 Å². The van der Waals surface area contributed by atoms with Gasteiger partial charge in [-0.1, -0.05) is 150 Å². The van der Waals surface area contributed by atoms with Gasteiger partial charge in [0.25, 0.3) is 0 Å². The van der Waals surface area contributed by atoms with E-state index in [4.69, 9.17) is 0 Å². The van der Waals surface area contributed by atoms with E-state index < -0.39 is 0 Å². The number of Topliss-reactive ketones (excluding diaryl/α,β-unsaturated/α-hetero) is 3. The van der Waals surface area contributed by atoms with Gasteiger partial charge in [-0.15, -0.1) is 0 Å². The molecule has 6 nitrogen and oxygen atoms in total. The number of rotatable bonds is 9. The van der Waals surface area contributed by atoms with Gasteiger partial charge in [-0.25, -0.2) is 0 Å². The minimum Gasteiger partial charge on any atom is -0.294 e. The summed E-state index contributed by atoms with van der Waals surface area (Å²) in [5.74, 6) is 0.398. The predicted molar refractivity (Wildman–Crippen MR) is 257 cm³/mol. The van der Waals surface area contributed by atoms with E-state index in [0.717, 1.165) is 99.9 Å². The van der Waals surface area contributed by atoms with Gasteiger partial charge >= 0.3 is 0 Å². The van der Waals surface area contributed by atoms with Crippen LogP contribution in [0.2, 0.25) is 0 Å². The smallest absolute Gasteiger partial charge is 0.167 e. The lowest BCUT2D eigenvalue weighted by Crippen LogP contribution is -2.05. The molecule has 312 valence electrons. The van der Waals surface area contributed by atoms with E-state index in [1.165, 1.54) is 0 Å². The number of hydrogen-bond donors (Lipinski definition) is 0. The summed E-state index contributed by atoms with van der Waals surface area (Å²) < 4.78 is 0. The second kappa shape index (κ2) is 20.0.